The Morgan fingerprint density at radius 3 is 2.71 bits per heavy atom. The van der Waals surface area contributed by atoms with E-state index in [1.54, 1.807) is 0 Å². The number of rotatable bonds is 1. The quantitative estimate of drug-likeness (QED) is 0.739. The Labute approximate surface area is 100 Å². The Hall–Kier alpha value is 0.0700. The maximum absolute atomic E-state index is 5.35. The number of aromatic nitrogens is 1. The van der Waals surface area contributed by atoms with Gasteiger partial charge in [0.25, 0.3) is 0 Å². The van der Waals surface area contributed by atoms with E-state index < -0.39 is 0 Å². The van der Waals surface area contributed by atoms with Crippen molar-refractivity contribution in [2.24, 2.45) is 0 Å². The molecule has 0 N–H and O–H groups in total. The van der Waals surface area contributed by atoms with Crippen LogP contribution in [-0.2, 0) is 4.74 Å². The molecule has 1 aliphatic heterocycles. The van der Waals surface area contributed by atoms with Crippen LogP contribution in [-0.4, -0.2) is 18.2 Å². The maximum Gasteiger partial charge on any atom is 0.120 e. The van der Waals surface area contributed by atoms with Gasteiger partial charge in [-0.05, 0) is 62.2 Å². The first-order valence-electron chi connectivity index (χ1n) is 4.66. The second-order valence-corrected chi connectivity index (χ2v) is 4.94. The Kier molecular flexibility index (Phi) is 3.57. The molecule has 4 heteroatoms. The van der Waals surface area contributed by atoms with Crippen molar-refractivity contribution in [3.8, 4) is 0 Å². The third kappa shape index (κ3) is 2.18. The van der Waals surface area contributed by atoms with Gasteiger partial charge < -0.3 is 4.74 Å². The molecular formula is C10H11Br2NO. The molecule has 1 aromatic rings. The summed E-state index contributed by atoms with van der Waals surface area (Å²) in [7, 11) is 0. The maximum atomic E-state index is 5.35. The lowest BCUT2D eigenvalue weighted by Crippen LogP contribution is -2.14. The molecule has 14 heavy (non-hydrogen) atoms. The van der Waals surface area contributed by atoms with Crippen LogP contribution >= 0.6 is 31.9 Å². The summed E-state index contributed by atoms with van der Waals surface area (Å²) in [5, 5.41) is 0. The van der Waals surface area contributed by atoms with E-state index in [1.807, 2.05) is 6.20 Å². The molecule has 2 heterocycles. The minimum absolute atomic E-state index is 0.609. The first-order chi connectivity index (χ1) is 6.79. The summed E-state index contributed by atoms with van der Waals surface area (Å²) >= 11 is 6.99. The fraction of sp³-hybridized carbons (Fsp3) is 0.500. The number of nitrogens with zero attached hydrogens (tertiary/aromatic N) is 1. The van der Waals surface area contributed by atoms with Crippen molar-refractivity contribution < 1.29 is 4.74 Å². The lowest BCUT2D eigenvalue weighted by Gasteiger charge is -2.23. The van der Waals surface area contributed by atoms with Crippen LogP contribution < -0.4 is 0 Å². The molecule has 0 unspecified atom stereocenters. The molecule has 1 saturated heterocycles. The third-order valence-electron chi connectivity index (χ3n) is 2.54. The van der Waals surface area contributed by atoms with Gasteiger partial charge in [-0.25, -0.2) is 4.98 Å². The predicted octanol–water partition coefficient (Wildman–Crippen LogP) is 3.50. The highest BCUT2D eigenvalue weighted by molar-refractivity contribution is 9.13. The molecule has 0 bridgehead atoms. The fourth-order valence-corrected chi connectivity index (χ4v) is 2.66. The van der Waals surface area contributed by atoms with E-state index in [2.05, 4.69) is 42.9 Å². The molecule has 0 amide bonds. The first-order valence-corrected chi connectivity index (χ1v) is 6.25. The van der Waals surface area contributed by atoms with Gasteiger partial charge in [0, 0.05) is 19.4 Å². The van der Waals surface area contributed by atoms with Crippen molar-refractivity contribution in [2.45, 2.75) is 18.8 Å². The van der Waals surface area contributed by atoms with E-state index >= 15 is 0 Å². The van der Waals surface area contributed by atoms with E-state index in [0.717, 1.165) is 35.1 Å². The topological polar surface area (TPSA) is 22.1 Å². The van der Waals surface area contributed by atoms with Crippen molar-refractivity contribution in [3.63, 3.8) is 0 Å². The molecule has 0 radical (unpaired) electrons. The van der Waals surface area contributed by atoms with Crippen molar-refractivity contribution in [3.05, 3.63) is 26.9 Å². The van der Waals surface area contributed by atoms with Crippen molar-refractivity contribution in [2.75, 3.05) is 13.2 Å². The second kappa shape index (κ2) is 4.73. The number of ether oxygens (including phenoxy) is 1. The van der Waals surface area contributed by atoms with Crippen LogP contribution in [0.4, 0.5) is 0 Å². The van der Waals surface area contributed by atoms with Crippen molar-refractivity contribution in [1.82, 2.24) is 4.98 Å². The summed E-state index contributed by atoms with van der Waals surface area (Å²) in [4.78, 5) is 4.17. The van der Waals surface area contributed by atoms with Gasteiger partial charge in [0.15, 0.2) is 0 Å². The van der Waals surface area contributed by atoms with Crippen LogP contribution in [0.25, 0.3) is 0 Å². The standard InChI is InChI=1S/C10H11Br2NO/c11-9-8(1-4-13-10(9)12)7-2-5-14-6-3-7/h1,4,7H,2-3,5-6H2. The van der Waals surface area contributed by atoms with Gasteiger partial charge in [-0.2, -0.15) is 0 Å². The van der Waals surface area contributed by atoms with Gasteiger partial charge in [-0.1, -0.05) is 0 Å². The Morgan fingerprint density at radius 2 is 2.00 bits per heavy atom. The molecular weight excluding hydrogens is 310 g/mol. The van der Waals surface area contributed by atoms with Crippen LogP contribution in [0.1, 0.15) is 24.3 Å². The normalized spacial score (nSPS) is 18.4. The molecule has 76 valence electrons. The minimum Gasteiger partial charge on any atom is -0.381 e. The first kappa shape index (κ1) is 10.6. The number of halogens is 2. The van der Waals surface area contributed by atoms with Crippen molar-refractivity contribution >= 4 is 31.9 Å². The average molecular weight is 321 g/mol. The molecule has 1 aliphatic rings. The number of pyridine rings is 1. The Balaban J connectivity index is 2.26. The van der Waals surface area contributed by atoms with Gasteiger partial charge >= 0.3 is 0 Å². The number of hydrogen-bond donors (Lipinski definition) is 0. The Morgan fingerprint density at radius 1 is 1.29 bits per heavy atom. The van der Waals surface area contributed by atoms with Crippen LogP contribution in [0.3, 0.4) is 0 Å². The highest BCUT2D eigenvalue weighted by atomic mass is 79.9. The lowest BCUT2D eigenvalue weighted by molar-refractivity contribution is 0.0851. The monoisotopic (exact) mass is 319 g/mol. The molecule has 0 aliphatic carbocycles. The second-order valence-electron chi connectivity index (χ2n) is 3.39. The van der Waals surface area contributed by atoms with Gasteiger partial charge in [-0.3, -0.25) is 0 Å². The molecule has 1 aromatic heterocycles. The molecule has 0 atom stereocenters. The van der Waals surface area contributed by atoms with E-state index in [4.69, 9.17) is 4.74 Å². The van der Waals surface area contributed by atoms with E-state index in [0.29, 0.717) is 5.92 Å². The number of hydrogen-bond acceptors (Lipinski definition) is 2. The predicted molar refractivity (Wildman–Crippen MR) is 62.4 cm³/mol. The van der Waals surface area contributed by atoms with Crippen LogP contribution in [0.5, 0.6) is 0 Å². The smallest absolute Gasteiger partial charge is 0.120 e. The van der Waals surface area contributed by atoms with Crippen LogP contribution in [0, 0.1) is 0 Å². The summed E-state index contributed by atoms with van der Waals surface area (Å²) in [6.07, 6.45) is 4.06. The zero-order valence-electron chi connectivity index (χ0n) is 7.67. The van der Waals surface area contributed by atoms with Gasteiger partial charge in [0.1, 0.15) is 4.60 Å². The van der Waals surface area contributed by atoms with E-state index in [-0.39, 0.29) is 0 Å². The molecule has 0 saturated carbocycles. The molecule has 2 rings (SSSR count). The third-order valence-corrected chi connectivity index (χ3v) is 4.50. The molecule has 1 fully saturated rings. The zero-order valence-corrected chi connectivity index (χ0v) is 10.8. The summed E-state index contributed by atoms with van der Waals surface area (Å²) in [5.74, 6) is 0.609. The molecule has 2 nitrogen and oxygen atoms in total. The summed E-state index contributed by atoms with van der Waals surface area (Å²) < 4.78 is 7.33. The minimum atomic E-state index is 0.609. The van der Waals surface area contributed by atoms with Crippen LogP contribution in [0.15, 0.2) is 21.3 Å². The largest absolute Gasteiger partial charge is 0.381 e. The van der Waals surface area contributed by atoms with Crippen LogP contribution in [0.2, 0.25) is 0 Å². The average Bonchev–Trinajstić information content (AvgIpc) is 2.23. The molecule has 0 aromatic carbocycles. The van der Waals surface area contributed by atoms with Gasteiger partial charge in [0.05, 0.1) is 4.47 Å². The fourth-order valence-electron chi connectivity index (χ4n) is 1.76. The summed E-state index contributed by atoms with van der Waals surface area (Å²) in [6.45, 7) is 1.74. The summed E-state index contributed by atoms with van der Waals surface area (Å²) in [5.41, 5.74) is 1.34. The Bertz CT molecular complexity index is 324. The zero-order chi connectivity index (χ0) is 9.97. The lowest BCUT2D eigenvalue weighted by atomic mass is 9.93. The van der Waals surface area contributed by atoms with E-state index in [1.165, 1.54) is 5.56 Å². The van der Waals surface area contributed by atoms with E-state index in [9.17, 15) is 0 Å². The van der Waals surface area contributed by atoms with Gasteiger partial charge in [-0.15, -0.1) is 0 Å². The van der Waals surface area contributed by atoms with Gasteiger partial charge in [0.2, 0.25) is 0 Å². The SMILES string of the molecule is Brc1nccc(C2CCOCC2)c1Br. The highest BCUT2D eigenvalue weighted by Crippen LogP contribution is 2.34. The summed E-state index contributed by atoms with van der Waals surface area (Å²) in [6, 6.07) is 2.09. The molecule has 0 spiro atoms. The highest BCUT2D eigenvalue weighted by Gasteiger charge is 2.19. The van der Waals surface area contributed by atoms with Crippen molar-refractivity contribution in [1.29, 1.82) is 0 Å².